The molecule has 118 valence electrons. The summed E-state index contributed by atoms with van der Waals surface area (Å²) in [5, 5.41) is 3.61. The third kappa shape index (κ3) is 5.00. The Hall–Kier alpha value is -0.540. The summed E-state index contributed by atoms with van der Waals surface area (Å²) in [5.41, 5.74) is 3.42. The quantitative estimate of drug-likeness (QED) is 0.826. The monoisotopic (exact) mass is 352 g/mol. The maximum Gasteiger partial charge on any atom is 0.0412 e. The Morgan fingerprint density at radius 3 is 2.38 bits per heavy atom. The van der Waals surface area contributed by atoms with Crippen molar-refractivity contribution in [2.45, 2.75) is 59.5 Å². The molecule has 21 heavy (non-hydrogen) atoms. The topological polar surface area (TPSA) is 15.3 Å². The summed E-state index contributed by atoms with van der Waals surface area (Å²) in [4.78, 5) is 2.55. The fourth-order valence-corrected chi connectivity index (χ4v) is 3.13. The van der Waals surface area contributed by atoms with Gasteiger partial charge in [-0.3, -0.25) is 0 Å². The van der Waals surface area contributed by atoms with Crippen molar-refractivity contribution in [2.24, 2.45) is 5.41 Å². The molecule has 1 aromatic carbocycles. The zero-order valence-electron chi connectivity index (χ0n) is 14.1. The van der Waals surface area contributed by atoms with Gasteiger partial charge in [0.1, 0.15) is 0 Å². The van der Waals surface area contributed by atoms with E-state index in [-0.39, 0.29) is 5.54 Å². The molecular weight excluding hydrogens is 324 g/mol. The number of hydrogen-bond acceptors (Lipinski definition) is 2. The van der Waals surface area contributed by atoms with Gasteiger partial charge in [0.2, 0.25) is 0 Å². The van der Waals surface area contributed by atoms with Crippen LogP contribution in [0.4, 0.5) is 5.69 Å². The molecule has 1 N–H and O–H groups in total. The molecule has 0 unspecified atom stereocenters. The molecule has 0 bridgehead atoms. The van der Waals surface area contributed by atoms with Crippen LogP contribution in [0.25, 0.3) is 0 Å². The van der Waals surface area contributed by atoms with Gasteiger partial charge < -0.3 is 10.2 Å². The minimum Gasteiger partial charge on any atom is -0.371 e. The summed E-state index contributed by atoms with van der Waals surface area (Å²) in [6, 6.07) is 6.69. The first-order valence-electron chi connectivity index (χ1n) is 7.95. The number of piperidine rings is 1. The van der Waals surface area contributed by atoms with Gasteiger partial charge in [0.05, 0.1) is 0 Å². The molecule has 3 heteroatoms. The average molecular weight is 353 g/mol. The first-order chi connectivity index (χ1) is 9.66. The minimum atomic E-state index is 0.142. The van der Waals surface area contributed by atoms with Gasteiger partial charge in [0.25, 0.3) is 0 Å². The highest BCUT2D eigenvalue weighted by molar-refractivity contribution is 9.10. The summed E-state index contributed by atoms with van der Waals surface area (Å²) < 4.78 is 1.16. The summed E-state index contributed by atoms with van der Waals surface area (Å²) in [6.45, 7) is 14.7. The van der Waals surface area contributed by atoms with Crippen molar-refractivity contribution in [3.8, 4) is 0 Å². The second-order valence-corrected chi connectivity index (χ2v) is 8.94. The molecule has 1 aromatic rings. The minimum absolute atomic E-state index is 0.142. The van der Waals surface area contributed by atoms with Crippen LogP contribution in [0, 0.1) is 5.41 Å². The van der Waals surface area contributed by atoms with E-state index in [0.717, 1.165) is 24.1 Å². The third-order valence-electron chi connectivity index (χ3n) is 4.31. The lowest BCUT2D eigenvalue weighted by molar-refractivity contribution is 0.279. The van der Waals surface area contributed by atoms with Crippen LogP contribution in [0.2, 0.25) is 0 Å². The molecule has 1 saturated heterocycles. The molecular formula is C18H29BrN2. The van der Waals surface area contributed by atoms with Crippen LogP contribution < -0.4 is 10.2 Å². The van der Waals surface area contributed by atoms with Crippen molar-refractivity contribution in [1.29, 1.82) is 0 Å². The van der Waals surface area contributed by atoms with Crippen molar-refractivity contribution in [1.82, 2.24) is 5.32 Å². The zero-order chi connectivity index (χ0) is 15.7. The number of hydrogen-bond donors (Lipinski definition) is 1. The molecule has 0 radical (unpaired) electrons. The highest BCUT2D eigenvalue weighted by Gasteiger charge is 2.26. The first kappa shape index (κ1) is 16.8. The number of anilines is 1. The van der Waals surface area contributed by atoms with Gasteiger partial charge in [0.15, 0.2) is 0 Å². The Kier molecular flexibility index (Phi) is 5.04. The van der Waals surface area contributed by atoms with Gasteiger partial charge in [-0.1, -0.05) is 29.8 Å². The molecule has 0 aliphatic carbocycles. The van der Waals surface area contributed by atoms with Gasteiger partial charge in [-0.2, -0.15) is 0 Å². The molecule has 1 fully saturated rings. The van der Waals surface area contributed by atoms with E-state index >= 15 is 0 Å². The van der Waals surface area contributed by atoms with E-state index in [2.05, 4.69) is 79.0 Å². The predicted molar refractivity (Wildman–Crippen MR) is 96.0 cm³/mol. The molecule has 0 amide bonds. The van der Waals surface area contributed by atoms with Gasteiger partial charge in [-0.05, 0) is 62.8 Å². The van der Waals surface area contributed by atoms with Crippen LogP contribution in [0.1, 0.15) is 53.0 Å². The molecule has 2 nitrogen and oxygen atoms in total. The van der Waals surface area contributed by atoms with Crippen LogP contribution in [0.5, 0.6) is 0 Å². The summed E-state index contributed by atoms with van der Waals surface area (Å²) in [6.07, 6.45) is 2.55. The van der Waals surface area contributed by atoms with E-state index in [1.54, 1.807) is 0 Å². The van der Waals surface area contributed by atoms with Crippen LogP contribution in [-0.4, -0.2) is 18.6 Å². The molecule has 1 aliphatic heterocycles. The van der Waals surface area contributed by atoms with E-state index < -0.39 is 0 Å². The van der Waals surface area contributed by atoms with Gasteiger partial charge in [-0.15, -0.1) is 0 Å². The maximum atomic E-state index is 3.61. The third-order valence-corrected chi connectivity index (χ3v) is 4.80. The Morgan fingerprint density at radius 1 is 1.19 bits per heavy atom. The second-order valence-electron chi connectivity index (χ2n) is 8.03. The summed E-state index contributed by atoms with van der Waals surface area (Å²) in [7, 11) is 0. The fourth-order valence-electron chi connectivity index (χ4n) is 2.72. The fraction of sp³-hybridized carbons (Fsp3) is 0.667. The molecule has 2 rings (SSSR count). The number of benzene rings is 1. The lowest BCUT2D eigenvalue weighted by Crippen LogP contribution is -2.39. The molecule has 0 atom stereocenters. The van der Waals surface area contributed by atoms with Gasteiger partial charge in [-0.25, -0.2) is 0 Å². The van der Waals surface area contributed by atoms with E-state index in [1.807, 2.05) is 0 Å². The van der Waals surface area contributed by atoms with E-state index in [1.165, 1.54) is 24.1 Å². The predicted octanol–water partition coefficient (Wildman–Crippen LogP) is 4.96. The molecule has 0 aromatic heterocycles. The van der Waals surface area contributed by atoms with E-state index in [9.17, 15) is 0 Å². The molecule has 1 heterocycles. The standard InChI is InChI=1S/C18H29BrN2/c1-17(2,3)20-13-14-12-15(19)6-7-16(14)21-10-8-18(4,5)9-11-21/h6-7,12,20H,8-11,13H2,1-5H3. The largest absolute Gasteiger partial charge is 0.371 e. The van der Waals surface area contributed by atoms with Crippen molar-refractivity contribution in [2.75, 3.05) is 18.0 Å². The van der Waals surface area contributed by atoms with Crippen LogP contribution >= 0.6 is 15.9 Å². The van der Waals surface area contributed by atoms with Crippen molar-refractivity contribution in [3.63, 3.8) is 0 Å². The van der Waals surface area contributed by atoms with Crippen molar-refractivity contribution < 1.29 is 0 Å². The molecule has 0 spiro atoms. The molecule has 0 saturated carbocycles. The van der Waals surface area contributed by atoms with Crippen molar-refractivity contribution >= 4 is 21.6 Å². The number of nitrogens with one attached hydrogen (secondary N) is 1. The van der Waals surface area contributed by atoms with Crippen LogP contribution in [0.3, 0.4) is 0 Å². The van der Waals surface area contributed by atoms with Gasteiger partial charge in [0, 0.05) is 35.3 Å². The Morgan fingerprint density at radius 2 is 1.81 bits per heavy atom. The number of halogens is 1. The first-order valence-corrected chi connectivity index (χ1v) is 8.74. The lowest BCUT2D eigenvalue weighted by Gasteiger charge is -2.39. The zero-order valence-corrected chi connectivity index (χ0v) is 15.7. The lowest BCUT2D eigenvalue weighted by atomic mass is 9.82. The van der Waals surface area contributed by atoms with E-state index in [0.29, 0.717) is 5.41 Å². The average Bonchev–Trinajstić information content (AvgIpc) is 2.36. The highest BCUT2D eigenvalue weighted by Crippen LogP contribution is 2.34. The Balaban J connectivity index is 2.15. The second kappa shape index (κ2) is 6.29. The Bertz CT molecular complexity index is 478. The smallest absolute Gasteiger partial charge is 0.0412 e. The summed E-state index contributed by atoms with van der Waals surface area (Å²) >= 11 is 3.61. The van der Waals surface area contributed by atoms with Crippen LogP contribution in [0.15, 0.2) is 22.7 Å². The number of nitrogens with zero attached hydrogens (tertiary/aromatic N) is 1. The summed E-state index contributed by atoms with van der Waals surface area (Å²) in [5.74, 6) is 0. The molecule has 1 aliphatic rings. The van der Waals surface area contributed by atoms with Crippen molar-refractivity contribution in [3.05, 3.63) is 28.2 Å². The van der Waals surface area contributed by atoms with Crippen LogP contribution in [-0.2, 0) is 6.54 Å². The SMILES string of the molecule is CC1(C)CCN(c2ccc(Br)cc2CNC(C)(C)C)CC1. The van der Waals surface area contributed by atoms with Gasteiger partial charge >= 0.3 is 0 Å². The normalized spacial score (nSPS) is 18.9. The van der Waals surface area contributed by atoms with E-state index in [4.69, 9.17) is 0 Å². The Labute approximate surface area is 138 Å². The number of rotatable bonds is 3. The highest BCUT2D eigenvalue weighted by atomic mass is 79.9. The maximum absolute atomic E-state index is 3.61.